The average molecular weight is 300 g/mol. The molecule has 2 heterocycles. The lowest BCUT2D eigenvalue weighted by Gasteiger charge is -2.11. The first kappa shape index (κ1) is 13.6. The van der Waals surface area contributed by atoms with E-state index in [0.717, 1.165) is 16.7 Å². The van der Waals surface area contributed by atoms with E-state index in [0.29, 0.717) is 17.3 Å². The van der Waals surface area contributed by atoms with Crippen LogP contribution in [0.2, 0.25) is 5.02 Å². The fraction of sp³-hybridized carbons (Fsp3) is 0.125. The molecule has 0 atom stereocenters. The molecule has 21 heavy (non-hydrogen) atoms. The Balaban J connectivity index is 2.14. The Morgan fingerprint density at radius 3 is 2.76 bits per heavy atom. The SMILES string of the molecule is CNc1ccc(Cl)c(Cn2c(=O)ccc3ccccc32)n1. The third kappa shape index (κ3) is 2.62. The number of rotatable bonds is 3. The van der Waals surface area contributed by atoms with E-state index >= 15 is 0 Å². The highest BCUT2D eigenvalue weighted by Gasteiger charge is 2.08. The third-order valence-electron chi connectivity index (χ3n) is 3.38. The van der Waals surface area contributed by atoms with Gasteiger partial charge in [0.05, 0.1) is 22.8 Å². The minimum absolute atomic E-state index is 0.0681. The van der Waals surface area contributed by atoms with Gasteiger partial charge < -0.3 is 9.88 Å². The number of halogens is 1. The Labute approximate surface area is 127 Å². The van der Waals surface area contributed by atoms with Crippen LogP contribution in [0.1, 0.15) is 5.69 Å². The molecule has 1 N–H and O–H groups in total. The maximum atomic E-state index is 12.2. The molecular formula is C16H14ClN3O. The summed E-state index contributed by atoms with van der Waals surface area (Å²) in [6, 6.07) is 14.7. The number of hydrogen-bond acceptors (Lipinski definition) is 3. The second-order valence-corrected chi connectivity index (χ2v) is 5.10. The summed E-state index contributed by atoms with van der Waals surface area (Å²) in [5.74, 6) is 0.725. The molecule has 3 rings (SSSR count). The van der Waals surface area contributed by atoms with Crippen LogP contribution in [0.3, 0.4) is 0 Å². The van der Waals surface area contributed by atoms with Crippen LogP contribution in [-0.4, -0.2) is 16.6 Å². The first-order valence-corrected chi connectivity index (χ1v) is 6.98. The Morgan fingerprint density at radius 2 is 1.95 bits per heavy atom. The van der Waals surface area contributed by atoms with Crippen molar-refractivity contribution in [3.63, 3.8) is 0 Å². The Morgan fingerprint density at radius 1 is 1.14 bits per heavy atom. The van der Waals surface area contributed by atoms with Crippen LogP contribution in [0.5, 0.6) is 0 Å². The van der Waals surface area contributed by atoms with E-state index in [-0.39, 0.29) is 5.56 Å². The van der Waals surface area contributed by atoms with E-state index < -0.39 is 0 Å². The fourth-order valence-corrected chi connectivity index (χ4v) is 2.46. The number of nitrogens with one attached hydrogen (secondary N) is 1. The van der Waals surface area contributed by atoms with E-state index in [4.69, 9.17) is 11.6 Å². The highest BCUT2D eigenvalue weighted by atomic mass is 35.5. The predicted octanol–water partition coefficient (Wildman–Crippen LogP) is 3.14. The van der Waals surface area contributed by atoms with Crippen molar-refractivity contribution in [2.75, 3.05) is 12.4 Å². The lowest BCUT2D eigenvalue weighted by molar-refractivity contribution is 0.772. The molecule has 0 saturated carbocycles. The molecule has 0 radical (unpaired) electrons. The molecule has 0 aliphatic rings. The van der Waals surface area contributed by atoms with Gasteiger partial charge in [0.25, 0.3) is 5.56 Å². The minimum atomic E-state index is -0.0681. The number of aromatic nitrogens is 2. The van der Waals surface area contributed by atoms with Crippen LogP contribution in [0.15, 0.2) is 53.3 Å². The maximum absolute atomic E-state index is 12.2. The molecule has 1 aromatic carbocycles. The average Bonchev–Trinajstić information content (AvgIpc) is 2.52. The van der Waals surface area contributed by atoms with Crippen LogP contribution in [0.4, 0.5) is 5.82 Å². The van der Waals surface area contributed by atoms with Gasteiger partial charge in [-0.3, -0.25) is 4.79 Å². The van der Waals surface area contributed by atoms with Gasteiger partial charge in [-0.05, 0) is 29.7 Å². The van der Waals surface area contributed by atoms with E-state index in [1.54, 1.807) is 29.8 Å². The molecule has 0 fully saturated rings. The Bertz CT molecular complexity index is 858. The molecular weight excluding hydrogens is 286 g/mol. The van der Waals surface area contributed by atoms with Gasteiger partial charge in [-0.1, -0.05) is 29.8 Å². The Kier molecular flexibility index (Phi) is 3.62. The van der Waals surface area contributed by atoms with Crippen LogP contribution < -0.4 is 10.9 Å². The fourth-order valence-electron chi connectivity index (χ4n) is 2.29. The van der Waals surface area contributed by atoms with Gasteiger partial charge in [-0.2, -0.15) is 0 Å². The number of hydrogen-bond donors (Lipinski definition) is 1. The smallest absolute Gasteiger partial charge is 0.251 e. The molecule has 2 aromatic heterocycles. The van der Waals surface area contributed by atoms with Gasteiger partial charge in [0.1, 0.15) is 5.82 Å². The van der Waals surface area contributed by atoms with Crippen molar-refractivity contribution in [2.45, 2.75) is 6.54 Å². The van der Waals surface area contributed by atoms with Crippen molar-refractivity contribution in [3.05, 3.63) is 69.6 Å². The lowest BCUT2D eigenvalue weighted by Crippen LogP contribution is -2.20. The number of para-hydroxylation sites is 1. The summed E-state index contributed by atoms with van der Waals surface area (Å²) in [5, 5.41) is 4.54. The molecule has 0 saturated heterocycles. The highest BCUT2D eigenvalue weighted by molar-refractivity contribution is 6.31. The van der Waals surface area contributed by atoms with E-state index in [2.05, 4.69) is 10.3 Å². The largest absolute Gasteiger partial charge is 0.373 e. The van der Waals surface area contributed by atoms with E-state index in [1.165, 1.54) is 0 Å². The van der Waals surface area contributed by atoms with Gasteiger partial charge in [0.2, 0.25) is 0 Å². The van der Waals surface area contributed by atoms with Gasteiger partial charge in [0.15, 0.2) is 0 Å². The lowest BCUT2D eigenvalue weighted by atomic mass is 10.2. The topological polar surface area (TPSA) is 46.9 Å². The van der Waals surface area contributed by atoms with Crippen LogP contribution in [0.25, 0.3) is 10.9 Å². The molecule has 5 heteroatoms. The van der Waals surface area contributed by atoms with Crippen molar-refractivity contribution in [3.8, 4) is 0 Å². The van der Waals surface area contributed by atoms with Crippen molar-refractivity contribution >= 4 is 28.3 Å². The summed E-state index contributed by atoms with van der Waals surface area (Å²) in [5.41, 5.74) is 1.47. The monoisotopic (exact) mass is 299 g/mol. The van der Waals surface area contributed by atoms with E-state index in [9.17, 15) is 4.79 Å². The summed E-state index contributed by atoms with van der Waals surface area (Å²) in [4.78, 5) is 16.6. The van der Waals surface area contributed by atoms with Crippen molar-refractivity contribution in [1.82, 2.24) is 9.55 Å². The Hall–Kier alpha value is -2.33. The first-order valence-electron chi connectivity index (χ1n) is 6.61. The van der Waals surface area contributed by atoms with Crippen molar-refractivity contribution in [1.29, 1.82) is 0 Å². The third-order valence-corrected chi connectivity index (χ3v) is 3.73. The standard InChI is InChI=1S/C16H14ClN3O/c1-18-15-8-7-12(17)13(19-15)10-20-14-5-3-2-4-11(14)6-9-16(20)21/h2-9H,10H2,1H3,(H,18,19). The van der Waals surface area contributed by atoms with E-state index in [1.807, 2.05) is 30.3 Å². The number of nitrogens with zero attached hydrogens (tertiary/aromatic N) is 2. The molecule has 3 aromatic rings. The number of fused-ring (bicyclic) bond motifs is 1. The zero-order valence-corrected chi connectivity index (χ0v) is 12.3. The first-order chi connectivity index (χ1) is 10.2. The molecule has 0 aliphatic carbocycles. The summed E-state index contributed by atoms with van der Waals surface area (Å²) in [7, 11) is 1.80. The molecule has 4 nitrogen and oxygen atoms in total. The highest BCUT2D eigenvalue weighted by Crippen LogP contribution is 2.19. The second-order valence-electron chi connectivity index (χ2n) is 4.69. The zero-order valence-electron chi connectivity index (χ0n) is 11.5. The van der Waals surface area contributed by atoms with Gasteiger partial charge in [0, 0.05) is 13.1 Å². The van der Waals surface area contributed by atoms with Crippen molar-refractivity contribution < 1.29 is 0 Å². The van der Waals surface area contributed by atoms with Gasteiger partial charge >= 0.3 is 0 Å². The minimum Gasteiger partial charge on any atom is -0.373 e. The predicted molar refractivity (Wildman–Crippen MR) is 86.1 cm³/mol. The summed E-state index contributed by atoms with van der Waals surface area (Å²) < 4.78 is 1.68. The summed E-state index contributed by atoms with van der Waals surface area (Å²) in [6.07, 6.45) is 0. The molecule has 0 amide bonds. The summed E-state index contributed by atoms with van der Waals surface area (Å²) >= 11 is 6.20. The van der Waals surface area contributed by atoms with Crippen LogP contribution >= 0.6 is 11.6 Å². The van der Waals surface area contributed by atoms with Crippen molar-refractivity contribution in [2.24, 2.45) is 0 Å². The molecule has 0 spiro atoms. The normalized spacial score (nSPS) is 10.8. The molecule has 0 bridgehead atoms. The molecule has 0 aliphatic heterocycles. The quantitative estimate of drug-likeness (QED) is 0.808. The van der Waals surface area contributed by atoms with Crippen LogP contribution in [0, 0.1) is 0 Å². The number of pyridine rings is 2. The number of anilines is 1. The van der Waals surface area contributed by atoms with Crippen LogP contribution in [-0.2, 0) is 6.54 Å². The molecule has 0 unspecified atom stereocenters. The zero-order chi connectivity index (χ0) is 14.8. The number of benzene rings is 1. The maximum Gasteiger partial charge on any atom is 0.251 e. The van der Waals surface area contributed by atoms with Gasteiger partial charge in [-0.25, -0.2) is 4.98 Å². The van der Waals surface area contributed by atoms with Gasteiger partial charge in [-0.15, -0.1) is 0 Å². The summed E-state index contributed by atoms with van der Waals surface area (Å²) in [6.45, 7) is 0.342. The second kappa shape index (κ2) is 5.58. The molecule has 106 valence electrons.